The average molecular weight is 253 g/mol. The minimum absolute atomic E-state index is 0.134. The van der Waals surface area contributed by atoms with Crippen LogP contribution >= 0.6 is 0 Å². The van der Waals surface area contributed by atoms with Crippen molar-refractivity contribution in [2.24, 2.45) is 0 Å². The van der Waals surface area contributed by atoms with Gasteiger partial charge in [0.25, 0.3) is 0 Å². The van der Waals surface area contributed by atoms with E-state index in [4.69, 9.17) is 0 Å². The third kappa shape index (κ3) is 3.76. The standard InChI is InChI=1S/C17H19NO/c1-2-16(14-9-5-3-6-10-14)18-13-17(19)15-11-7-4-8-12-15/h3-12,16,18H,2,13H2,1H3. The third-order valence-electron chi connectivity index (χ3n) is 3.21. The minimum atomic E-state index is 0.134. The Balaban J connectivity index is 1.96. The fourth-order valence-corrected chi connectivity index (χ4v) is 2.13. The van der Waals surface area contributed by atoms with Crippen LogP contribution in [0.5, 0.6) is 0 Å². The van der Waals surface area contributed by atoms with E-state index in [0.717, 1.165) is 12.0 Å². The average Bonchev–Trinajstić information content (AvgIpc) is 2.49. The van der Waals surface area contributed by atoms with Gasteiger partial charge in [0.1, 0.15) is 0 Å². The van der Waals surface area contributed by atoms with Crippen LogP contribution in [0.4, 0.5) is 0 Å². The maximum atomic E-state index is 12.0. The lowest BCUT2D eigenvalue weighted by atomic mass is 10.0. The van der Waals surface area contributed by atoms with Gasteiger partial charge in [-0.1, -0.05) is 67.6 Å². The molecule has 2 rings (SSSR count). The van der Waals surface area contributed by atoms with Gasteiger partial charge < -0.3 is 5.32 Å². The van der Waals surface area contributed by atoms with Crippen molar-refractivity contribution in [2.45, 2.75) is 19.4 Å². The highest BCUT2D eigenvalue weighted by Crippen LogP contribution is 2.15. The molecule has 2 nitrogen and oxygen atoms in total. The summed E-state index contributed by atoms with van der Waals surface area (Å²) in [6.07, 6.45) is 0.964. The SMILES string of the molecule is CCC(NCC(=O)c1ccccc1)c1ccccc1. The van der Waals surface area contributed by atoms with Crippen molar-refractivity contribution in [3.05, 3.63) is 71.8 Å². The Morgan fingerprint density at radius 1 is 1.00 bits per heavy atom. The lowest BCUT2D eigenvalue weighted by Gasteiger charge is -2.16. The molecule has 0 heterocycles. The molecule has 0 fully saturated rings. The van der Waals surface area contributed by atoms with E-state index in [1.165, 1.54) is 5.56 Å². The molecule has 0 aromatic heterocycles. The van der Waals surface area contributed by atoms with Crippen LogP contribution < -0.4 is 5.32 Å². The van der Waals surface area contributed by atoms with Crippen molar-refractivity contribution >= 4 is 5.78 Å². The molecule has 0 aliphatic heterocycles. The Labute approximate surface area is 114 Å². The van der Waals surface area contributed by atoms with Gasteiger partial charge in [0, 0.05) is 11.6 Å². The number of ketones is 1. The van der Waals surface area contributed by atoms with Crippen LogP contribution in [0.15, 0.2) is 60.7 Å². The molecule has 2 aromatic rings. The second-order valence-corrected chi connectivity index (χ2v) is 4.54. The van der Waals surface area contributed by atoms with Gasteiger partial charge in [0.2, 0.25) is 0 Å². The summed E-state index contributed by atoms with van der Waals surface area (Å²) < 4.78 is 0. The molecule has 1 N–H and O–H groups in total. The van der Waals surface area contributed by atoms with Crippen LogP contribution in [0, 0.1) is 0 Å². The van der Waals surface area contributed by atoms with Gasteiger partial charge in [-0.15, -0.1) is 0 Å². The van der Waals surface area contributed by atoms with Crippen molar-refractivity contribution in [3.63, 3.8) is 0 Å². The number of hydrogen-bond donors (Lipinski definition) is 1. The van der Waals surface area contributed by atoms with Crippen molar-refractivity contribution in [1.29, 1.82) is 0 Å². The lowest BCUT2D eigenvalue weighted by molar-refractivity contribution is 0.0987. The zero-order valence-electron chi connectivity index (χ0n) is 11.2. The number of hydrogen-bond acceptors (Lipinski definition) is 2. The molecule has 2 aromatic carbocycles. The first kappa shape index (κ1) is 13.5. The molecule has 0 saturated heterocycles. The van der Waals surface area contributed by atoms with Gasteiger partial charge in [-0.05, 0) is 12.0 Å². The smallest absolute Gasteiger partial charge is 0.176 e. The lowest BCUT2D eigenvalue weighted by Crippen LogP contribution is -2.27. The summed E-state index contributed by atoms with van der Waals surface area (Å²) >= 11 is 0. The number of carbonyl (C=O) groups is 1. The summed E-state index contributed by atoms with van der Waals surface area (Å²) in [4.78, 5) is 12.0. The molecule has 98 valence electrons. The van der Waals surface area contributed by atoms with Gasteiger partial charge in [-0.2, -0.15) is 0 Å². The number of carbonyl (C=O) groups excluding carboxylic acids is 1. The van der Waals surface area contributed by atoms with Gasteiger partial charge in [0.05, 0.1) is 6.54 Å². The fourth-order valence-electron chi connectivity index (χ4n) is 2.13. The molecular weight excluding hydrogens is 234 g/mol. The summed E-state index contributed by atoms with van der Waals surface area (Å²) in [5.74, 6) is 0.134. The summed E-state index contributed by atoms with van der Waals surface area (Å²) in [6, 6.07) is 19.9. The van der Waals surface area contributed by atoms with E-state index in [-0.39, 0.29) is 11.8 Å². The van der Waals surface area contributed by atoms with Gasteiger partial charge >= 0.3 is 0 Å². The molecule has 0 aliphatic rings. The molecular formula is C17H19NO. The molecule has 19 heavy (non-hydrogen) atoms. The van der Waals surface area contributed by atoms with E-state index in [1.54, 1.807) is 0 Å². The first-order chi connectivity index (χ1) is 9.31. The Hall–Kier alpha value is -1.93. The normalized spacial score (nSPS) is 12.1. The summed E-state index contributed by atoms with van der Waals surface area (Å²) in [5, 5.41) is 3.33. The molecule has 0 radical (unpaired) electrons. The van der Waals surface area contributed by atoms with E-state index < -0.39 is 0 Å². The van der Waals surface area contributed by atoms with Crippen LogP contribution in [0.1, 0.15) is 35.3 Å². The Bertz CT molecular complexity index is 507. The van der Waals surface area contributed by atoms with E-state index in [1.807, 2.05) is 48.5 Å². The van der Waals surface area contributed by atoms with Gasteiger partial charge in [-0.3, -0.25) is 4.79 Å². The van der Waals surface area contributed by atoms with Crippen LogP contribution in [0.2, 0.25) is 0 Å². The molecule has 0 spiro atoms. The number of benzene rings is 2. The minimum Gasteiger partial charge on any atom is -0.303 e. The van der Waals surface area contributed by atoms with Crippen molar-refractivity contribution in [2.75, 3.05) is 6.54 Å². The summed E-state index contributed by atoms with van der Waals surface area (Å²) in [7, 11) is 0. The molecule has 0 aliphatic carbocycles. The van der Waals surface area contributed by atoms with Crippen LogP contribution in [0.25, 0.3) is 0 Å². The second-order valence-electron chi connectivity index (χ2n) is 4.54. The van der Waals surface area contributed by atoms with E-state index in [9.17, 15) is 4.79 Å². The van der Waals surface area contributed by atoms with E-state index in [2.05, 4.69) is 24.4 Å². The highest BCUT2D eigenvalue weighted by atomic mass is 16.1. The monoisotopic (exact) mass is 253 g/mol. The molecule has 1 unspecified atom stereocenters. The quantitative estimate of drug-likeness (QED) is 0.797. The highest BCUT2D eigenvalue weighted by Gasteiger charge is 2.11. The summed E-state index contributed by atoms with van der Waals surface area (Å²) in [5.41, 5.74) is 1.99. The molecule has 0 bridgehead atoms. The number of rotatable bonds is 6. The Morgan fingerprint density at radius 2 is 1.58 bits per heavy atom. The largest absolute Gasteiger partial charge is 0.303 e. The third-order valence-corrected chi connectivity index (χ3v) is 3.21. The zero-order valence-corrected chi connectivity index (χ0v) is 11.2. The first-order valence-corrected chi connectivity index (χ1v) is 6.68. The van der Waals surface area contributed by atoms with E-state index in [0.29, 0.717) is 6.54 Å². The van der Waals surface area contributed by atoms with Crippen molar-refractivity contribution < 1.29 is 4.79 Å². The maximum Gasteiger partial charge on any atom is 0.176 e. The van der Waals surface area contributed by atoms with Crippen LogP contribution in [0.3, 0.4) is 0 Å². The van der Waals surface area contributed by atoms with Gasteiger partial charge in [0.15, 0.2) is 5.78 Å². The highest BCUT2D eigenvalue weighted by molar-refractivity contribution is 5.97. The molecule has 0 amide bonds. The Kier molecular flexibility index (Phi) is 4.87. The first-order valence-electron chi connectivity index (χ1n) is 6.68. The van der Waals surface area contributed by atoms with E-state index >= 15 is 0 Å². The molecule has 1 atom stereocenters. The van der Waals surface area contributed by atoms with Crippen LogP contribution in [-0.4, -0.2) is 12.3 Å². The fraction of sp³-hybridized carbons (Fsp3) is 0.235. The molecule has 2 heteroatoms. The summed E-state index contributed by atoms with van der Waals surface area (Å²) in [6.45, 7) is 2.50. The predicted octanol–water partition coefficient (Wildman–Crippen LogP) is 3.61. The Morgan fingerprint density at radius 3 is 2.16 bits per heavy atom. The zero-order chi connectivity index (χ0) is 13.5. The number of nitrogens with one attached hydrogen (secondary N) is 1. The second kappa shape index (κ2) is 6.86. The van der Waals surface area contributed by atoms with Crippen molar-refractivity contribution in [3.8, 4) is 0 Å². The van der Waals surface area contributed by atoms with Gasteiger partial charge in [-0.25, -0.2) is 0 Å². The predicted molar refractivity (Wildman–Crippen MR) is 78.2 cm³/mol. The number of Topliss-reactive ketones (excluding diaryl/α,β-unsaturated/α-hetero) is 1. The maximum absolute atomic E-state index is 12.0. The topological polar surface area (TPSA) is 29.1 Å². The van der Waals surface area contributed by atoms with Crippen molar-refractivity contribution in [1.82, 2.24) is 5.32 Å². The van der Waals surface area contributed by atoms with Crippen LogP contribution in [-0.2, 0) is 0 Å². The molecule has 0 saturated carbocycles.